The average molecular weight is 233 g/mol. The fraction of sp³-hybridized carbons (Fsp3) is 0.167. The molecule has 1 aromatic heterocycles. The molecule has 1 aromatic carbocycles. The van der Waals surface area contributed by atoms with Crippen LogP contribution in [0.25, 0.3) is 0 Å². The van der Waals surface area contributed by atoms with Gasteiger partial charge in [0.25, 0.3) is 0 Å². The van der Waals surface area contributed by atoms with E-state index in [-0.39, 0.29) is 29.3 Å². The average Bonchev–Trinajstić information content (AvgIpc) is 2.76. The maximum absolute atomic E-state index is 11.9. The molecule has 1 heterocycles. The number of ketones is 1. The van der Waals surface area contributed by atoms with E-state index < -0.39 is 0 Å². The van der Waals surface area contributed by atoms with Crippen LogP contribution in [0.3, 0.4) is 0 Å². The van der Waals surface area contributed by atoms with E-state index in [9.17, 15) is 15.0 Å². The van der Waals surface area contributed by atoms with Gasteiger partial charge in [-0.1, -0.05) is 5.16 Å². The molecular weight excluding hydrogens is 222 g/mol. The standard InChI is InChI=1S/C12H11NO4/c1-7-4-9(12(16)6-10(7)14)11(15)5-8-2-3-17-13-8/h2-4,6,14,16H,5H2,1H3. The van der Waals surface area contributed by atoms with E-state index in [4.69, 9.17) is 0 Å². The summed E-state index contributed by atoms with van der Waals surface area (Å²) >= 11 is 0. The first-order valence-corrected chi connectivity index (χ1v) is 5.03. The highest BCUT2D eigenvalue weighted by Crippen LogP contribution is 2.27. The van der Waals surface area contributed by atoms with E-state index in [0.29, 0.717) is 11.3 Å². The molecule has 0 radical (unpaired) electrons. The van der Waals surface area contributed by atoms with Crippen molar-refractivity contribution in [3.8, 4) is 11.5 Å². The van der Waals surface area contributed by atoms with Gasteiger partial charge in [0.15, 0.2) is 5.78 Å². The Kier molecular flexibility index (Phi) is 2.82. The van der Waals surface area contributed by atoms with Crippen LogP contribution in [0.15, 0.2) is 29.0 Å². The first kappa shape index (κ1) is 11.2. The van der Waals surface area contributed by atoms with E-state index in [1.807, 2.05) is 0 Å². The Morgan fingerprint density at radius 2 is 2.12 bits per heavy atom. The van der Waals surface area contributed by atoms with Gasteiger partial charge in [0, 0.05) is 12.1 Å². The van der Waals surface area contributed by atoms with Crippen LogP contribution in [0.2, 0.25) is 0 Å². The zero-order chi connectivity index (χ0) is 12.4. The number of phenols is 2. The Bertz CT molecular complexity index is 546. The third-order valence-corrected chi connectivity index (χ3v) is 2.45. The lowest BCUT2D eigenvalue weighted by Crippen LogP contribution is -2.04. The first-order chi connectivity index (χ1) is 8.08. The minimum absolute atomic E-state index is 0.0412. The summed E-state index contributed by atoms with van der Waals surface area (Å²) in [7, 11) is 0. The summed E-state index contributed by atoms with van der Waals surface area (Å²) in [5.74, 6) is -0.554. The third kappa shape index (κ3) is 2.28. The van der Waals surface area contributed by atoms with Gasteiger partial charge >= 0.3 is 0 Å². The van der Waals surface area contributed by atoms with Crippen molar-refractivity contribution in [1.82, 2.24) is 5.16 Å². The molecule has 5 heteroatoms. The van der Waals surface area contributed by atoms with Gasteiger partial charge < -0.3 is 14.7 Å². The van der Waals surface area contributed by atoms with E-state index in [0.717, 1.165) is 6.07 Å². The Morgan fingerprint density at radius 1 is 1.35 bits per heavy atom. The number of hydrogen-bond donors (Lipinski definition) is 2. The molecule has 0 aliphatic rings. The molecule has 0 aliphatic heterocycles. The minimum Gasteiger partial charge on any atom is -0.508 e. The number of aromatic hydroxyl groups is 2. The number of hydrogen-bond acceptors (Lipinski definition) is 5. The number of aromatic nitrogens is 1. The largest absolute Gasteiger partial charge is 0.508 e. The van der Waals surface area contributed by atoms with Crippen molar-refractivity contribution in [1.29, 1.82) is 0 Å². The lowest BCUT2D eigenvalue weighted by Gasteiger charge is -2.05. The van der Waals surface area contributed by atoms with Gasteiger partial charge in [-0.2, -0.15) is 0 Å². The fourth-order valence-corrected chi connectivity index (χ4v) is 1.50. The second-order valence-electron chi connectivity index (χ2n) is 3.75. The molecule has 0 fully saturated rings. The van der Waals surface area contributed by atoms with Gasteiger partial charge in [0.1, 0.15) is 17.8 Å². The number of rotatable bonds is 3. The molecule has 0 spiro atoms. The molecule has 88 valence electrons. The SMILES string of the molecule is Cc1cc(C(=O)Cc2ccon2)c(O)cc1O. The van der Waals surface area contributed by atoms with Crippen molar-refractivity contribution in [2.75, 3.05) is 0 Å². The number of Topliss-reactive ketones (excluding diaryl/α,β-unsaturated/α-hetero) is 1. The second-order valence-corrected chi connectivity index (χ2v) is 3.75. The lowest BCUT2D eigenvalue weighted by molar-refractivity contribution is 0.0988. The summed E-state index contributed by atoms with van der Waals surface area (Å²) in [6.45, 7) is 1.65. The van der Waals surface area contributed by atoms with Gasteiger partial charge in [-0.05, 0) is 18.6 Å². The van der Waals surface area contributed by atoms with Crippen molar-refractivity contribution in [3.05, 3.63) is 41.3 Å². The molecule has 2 rings (SSSR count). The van der Waals surface area contributed by atoms with Crippen molar-refractivity contribution in [2.45, 2.75) is 13.3 Å². The summed E-state index contributed by atoms with van der Waals surface area (Å²) < 4.78 is 4.62. The van der Waals surface area contributed by atoms with Crippen molar-refractivity contribution >= 4 is 5.78 Å². The van der Waals surface area contributed by atoms with Crippen LogP contribution >= 0.6 is 0 Å². The van der Waals surface area contributed by atoms with Crippen LogP contribution in [0.5, 0.6) is 11.5 Å². The number of carbonyl (C=O) groups is 1. The minimum atomic E-state index is -0.278. The molecule has 2 aromatic rings. The summed E-state index contributed by atoms with van der Waals surface area (Å²) in [4.78, 5) is 11.9. The normalized spacial score (nSPS) is 10.4. The number of nitrogens with zero attached hydrogens (tertiary/aromatic N) is 1. The van der Waals surface area contributed by atoms with E-state index >= 15 is 0 Å². The number of benzene rings is 1. The van der Waals surface area contributed by atoms with Gasteiger partial charge in [-0.25, -0.2) is 0 Å². The van der Waals surface area contributed by atoms with Gasteiger partial charge in [-0.3, -0.25) is 4.79 Å². The number of aryl methyl sites for hydroxylation is 1. The highest BCUT2D eigenvalue weighted by molar-refractivity contribution is 6.00. The summed E-state index contributed by atoms with van der Waals surface area (Å²) in [5, 5.41) is 22.6. The van der Waals surface area contributed by atoms with Crippen LogP contribution in [0, 0.1) is 6.92 Å². The zero-order valence-corrected chi connectivity index (χ0v) is 9.17. The lowest BCUT2D eigenvalue weighted by atomic mass is 10.0. The summed E-state index contributed by atoms with van der Waals surface area (Å²) in [6.07, 6.45) is 1.43. The fourth-order valence-electron chi connectivity index (χ4n) is 1.50. The molecular formula is C12H11NO4. The second kappa shape index (κ2) is 4.29. The molecule has 0 amide bonds. The molecule has 0 bridgehead atoms. The summed E-state index contributed by atoms with van der Waals surface area (Å²) in [5.41, 5.74) is 1.20. The smallest absolute Gasteiger partial charge is 0.172 e. The zero-order valence-electron chi connectivity index (χ0n) is 9.17. The maximum Gasteiger partial charge on any atom is 0.172 e. The van der Waals surface area contributed by atoms with Crippen molar-refractivity contribution in [2.24, 2.45) is 0 Å². The van der Waals surface area contributed by atoms with Crippen molar-refractivity contribution in [3.63, 3.8) is 0 Å². The Balaban J connectivity index is 2.28. The molecule has 0 unspecified atom stereocenters. The van der Waals surface area contributed by atoms with E-state index in [2.05, 4.69) is 9.68 Å². The molecule has 0 saturated heterocycles. The molecule has 0 aliphatic carbocycles. The van der Waals surface area contributed by atoms with Gasteiger partial charge in [0.2, 0.25) is 0 Å². The predicted molar refractivity (Wildman–Crippen MR) is 59.0 cm³/mol. The first-order valence-electron chi connectivity index (χ1n) is 5.03. The topological polar surface area (TPSA) is 83.6 Å². The highest BCUT2D eigenvalue weighted by Gasteiger charge is 2.15. The number of phenolic OH excluding ortho intramolecular Hbond substituents is 2. The summed E-state index contributed by atoms with van der Waals surface area (Å²) in [6, 6.07) is 4.20. The molecule has 17 heavy (non-hydrogen) atoms. The van der Waals surface area contributed by atoms with E-state index in [1.54, 1.807) is 13.0 Å². The van der Waals surface area contributed by atoms with Crippen LogP contribution in [-0.4, -0.2) is 21.2 Å². The van der Waals surface area contributed by atoms with E-state index in [1.165, 1.54) is 12.3 Å². The Hall–Kier alpha value is -2.30. The highest BCUT2D eigenvalue weighted by atomic mass is 16.5. The monoisotopic (exact) mass is 233 g/mol. The molecule has 5 nitrogen and oxygen atoms in total. The van der Waals surface area contributed by atoms with Crippen LogP contribution in [0.1, 0.15) is 21.6 Å². The quantitative estimate of drug-likeness (QED) is 0.790. The molecule has 0 saturated carbocycles. The van der Waals surface area contributed by atoms with Gasteiger partial charge in [-0.15, -0.1) is 0 Å². The molecule has 0 atom stereocenters. The van der Waals surface area contributed by atoms with Crippen molar-refractivity contribution < 1.29 is 19.5 Å². The van der Waals surface area contributed by atoms with Crippen LogP contribution in [-0.2, 0) is 6.42 Å². The molecule has 2 N–H and O–H groups in total. The van der Waals surface area contributed by atoms with Crippen LogP contribution < -0.4 is 0 Å². The number of carbonyl (C=O) groups excluding carboxylic acids is 1. The predicted octanol–water partition coefficient (Wildman–Crippen LogP) is 1.82. The Morgan fingerprint density at radius 3 is 2.76 bits per heavy atom. The van der Waals surface area contributed by atoms with Crippen LogP contribution in [0.4, 0.5) is 0 Å². The maximum atomic E-state index is 11.9. The third-order valence-electron chi connectivity index (χ3n) is 2.45. The van der Waals surface area contributed by atoms with Gasteiger partial charge in [0.05, 0.1) is 17.7 Å². The Labute approximate surface area is 97.3 Å².